The number of amides is 1. The Kier molecular flexibility index (Phi) is 2.59. The molecule has 0 aromatic heterocycles. The second-order valence-electron chi connectivity index (χ2n) is 3.65. The van der Waals surface area contributed by atoms with Gasteiger partial charge < -0.3 is 4.90 Å². The molecule has 2 heterocycles. The Morgan fingerprint density at radius 1 is 1.50 bits per heavy atom. The molecule has 3 nitrogen and oxygen atoms in total. The second kappa shape index (κ2) is 3.73. The maximum atomic E-state index is 11.2. The lowest BCUT2D eigenvalue weighted by Crippen LogP contribution is -2.40. The van der Waals surface area contributed by atoms with Crippen LogP contribution in [0.25, 0.3) is 0 Å². The first-order valence-corrected chi connectivity index (χ1v) is 5.23. The molecular formula is C10H13ClN2O. The van der Waals surface area contributed by atoms with Crippen LogP contribution in [0.3, 0.4) is 0 Å². The fourth-order valence-electron chi connectivity index (χ4n) is 1.88. The zero-order chi connectivity index (χ0) is 10.1. The first-order valence-electron chi connectivity index (χ1n) is 4.85. The second-order valence-corrected chi connectivity index (χ2v) is 4.11. The highest BCUT2D eigenvalue weighted by atomic mass is 35.5. The summed E-state index contributed by atoms with van der Waals surface area (Å²) in [4.78, 5) is 17.5. The first-order chi connectivity index (χ1) is 6.68. The number of nitrogens with zero attached hydrogens (tertiary/aromatic N) is 2. The van der Waals surface area contributed by atoms with E-state index in [2.05, 4.69) is 4.99 Å². The monoisotopic (exact) mass is 212 g/mol. The van der Waals surface area contributed by atoms with Gasteiger partial charge in [0, 0.05) is 55.7 Å². The van der Waals surface area contributed by atoms with E-state index in [1.54, 1.807) is 6.92 Å². The highest BCUT2D eigenvalue weighted by Crippen LogP contribution is 2.25. The van der Waals surface area contributed by atoms with Crippen molar-refractivity contribution in [2.24, 2.45) is 4.99 Å². The summed E-state index contributed by atoms with van der Waals surface area (Å²) in [5.41, 5.74) is 2.19. The van der Waals surface area contributed by atoms with Crippen molar-refractivity contribution in [3.63, 3.8) is 0 Å². The number of likely N-dealkylation sites (tertiary alicyclic amines) is 1. The number of hydrogen-bond acceptors (Lipinski definition) is 2. The number of halogens is 1. The molecule has 4 heteroatoms. The lowest BCUT2D eigenvalue weighted by molar-refractivity contribution is -0.128. The molecule has 0 radical (unpaired) electrons. The van der Waals surface area contributed by atoms with E-state index < -0.39 is 0 Å². The van der Waals surface area contributed by atoms with Crippen molar-refractivity contribution >= 4 is 23.2 Å². The normalized spacial score (nSPS) is 21.9. The van der Waals surface area contributed by atoms with Gasteiger partial charge in [-0.05, 0) is 0 Å². The molecule has 2 aliphatic heterocycles. The van der Waals surface area contributed by atoms with Crippen LogP contribution in [0.15, 0.2) is 15.6 Å². The molecule has 0 aliphatic carbocycles. The summed E-state index contributed by atoms with van der Waals surface area (Å²) in [6.07, 6.45) is 1.68. The van der Waals surface area contributed by atoms with Crippen LogP contribution >= 0.6 is 11.6 Å². The molecule has 0 atom stereocenters. The van der Waals surface area contributed by atoms with E-state index >= 15 is 0 Å². The highest BCUT2D eigenvalue weighted by Gasteiger charge is 2.25. The lowest BCUT2D eigenvalue weighted by Gasteiger charge is -2.31. The maximum Gasteiger partial charge on any atom is 0.219 e. The Morgan fingerprint density at radius 3 is 3.00 bits per heavy atom. The van der Waals surface area contributed by atoms with Gasteiger partial charge in [0.15, 0.2) is 0 Å². The molecule has 76 valence electrons. The Labute approximate surface area is 88.4 Å². The van der Waals surface area contributed by atoms with Gasteiger partial charge in [0.25, 0.3) is 0 Å². The van der Waals surface area contributed by atoms with E-state index in [9.17, 15) is 4.79 Å². The summed E-state index contributed by atoms with van der Waals surface area (Å²) in [6.45, 7) is 3.83. The molecule has 14 heavy (non-hydrogen) atoms. The van der Waals surface area contributed by atoms with E-state index in [4.69, 9.17) is 11.6 Å². The molecule has 2 rings (SSSR count). The number of dihydropyridines is 1. The van der Waals surface area contributed by atoms with Crippen LogP contribution in [0.2, 0.25) is 0 Å². The van der Waals surface area contributed by atoms with Crippen molar-refractivity contribution in [2.45, 2.75) is 19.8 Å². The van der Waals surface area contributed by atoms with E-state index in [-0.39, 0.29) is 5.91 Å². The fraction of sp³-hybridized carbons (Fsp3) is 0.600. The SMILES string of the molecule is CC(=O)N1CCC2=NCCC(Cl)=C2C1. The number of carbonyl (C=O) groups is 1. The van der Waals surface area contributed by atoms with Crippen molar-refractivity contribution < 1.29 is 4.79 Å². The molecule has 1 saturated heterocycles. The van der Waals surface area contributed by atoms with Gasteiger partial charge in [-0.1, -0.05) is 11.6 Å². The van der Waals surface area contributed by atoms with E-state index in [0.29, 0.717) is 6.54 Å². The van der Waals surface area contributed by atoms with Crippen molar-refractivity contribution in [1.82, 2.24) is 4.90 Å². The maximum absolute atomic E-state index is 11.2. The van der Waals surface area contributed by atoms with Crippen molar-refractivity contribution in [3.8, 4) is 0 Å². The van der Waals surface area contributed by atoms with Crippen LogP contribution in [-0.4, -0.2) is 36.2 Å². The van der Waals surface area contributed by atoms with Crippen molar-refractivity contribution in [1.29, 1.82) is 0 Å². The Morgan fingerprint density at radius 2 is 2.29 bits per heavy atom. The number of rotatable bonds is 0. The van der Waals surface area contributed by atoms with Gasteiger partial charge in [0.2, 0.25) is 5.91 Å². The number of piperidine rings is 1. The van der Waals surface area contributed by atoms with Gasteiger partial charge in [0.1, 0.15) is 0 Å². The zero-order valence-electron chi connectivity index (χ0n) is 8.22. The summed E-state index contributed by atoms with van der Waals surface area (Å²) in [6, 6.07) is 0. The summed E-state index contributed by atoms with van der Waals surface area (Å²) in [7, 11) is 0. The Hall–Kier alpha value is -0.830. The van der Waals surface area contributed by atoms with Gasteiger partial charge in [0.05, 0.1) is 0 Å². The number of carbonyl (C=O) groups excluding carboxylic acids is 1. The largest absolute Gasteiger partial charge is 0.338 e. The van der Waals surface area contributed by atoms with Gasteiger partial charge in [-0.15, -0.1) is 0 Å². The van der Waals surface area contributed by atoms with Crippen molar-refractivity contribution in [2.75, 3.05) is 19.6 Å². The Balaban J connectivity index is 2.21. The van der Waals surface area contributed by atoms with E-state index in [1.807, 2.05) is 4.90 Å². The van der Waals surface area contributed by atoms with E-state index in [0.717, 1.165) is 42.2 Å². The van der Waals surface area contributed by atoms with Gasteiger partial charge in [-0.2, -0.15) is 0 Å². The van der Waals surface area contributed by atoms with Crippen LogP contribution in [0.1, 0.15) is 19.8 Å². The molecule has 0 aromatic rings. The fourth-order valence-corrected chi connectivity index (χ4v) is 2.13. The average molecular weight is 213 g/mol. The summed E-state index contributed by atoms with van der Waals surface area (Å²) < 4.78 is 0. The smallest absolute Gasteiger partial charge is 0.219 e. The summed E-state index contributed by atoms with van der Waals surface area (Å²) in [5, 5.41) is 0.890. The molecular weight excluding hydrogens is 200 g/mol. The lowest BCUT2D eigenvalue weighted by atomic mass is 9.98. The molecule has 1 fully saturated rings. The summed E-state index contributed by atoms with van der Waals surface area (Å²) in [5.74, 6) is 0.117. The molecule has 1 amide bonds. The van der Waals surface area contributed by atoms with Gasteiger partial charge in [-0.3, -0.25) is 9.79 Å². The first kappa shape index (κ1) is 9.71. The van der Waals surface area contributed by atoms with Gasteiger partial charge >= 0.3 is 0 Å². The van der Waals surface area contributed by atoms with Crippen LogP contribution in [-0.2, 0) is 4.79 Å². The molecule has 0 N–H and O–H groups in total. The molecule has 2 aliphatic rings. The average Bonchev–Trinajstić information content (AvgIpc) is 2.18. The molecule has 0 aromatic carbocycles. The molecule has 0 spiro atoms. The standard InChI is InChI=1S/C10H13ClN2O/c1-7(14)13-5-3-10-8(6-13)9(11)2-4-12-10/h2-6H2,1H3. The third-order valence-corrected chi connectivity index (χ3v) is 3.14. The van der Waals surface area contributed by atoms with Crippen LogP contribution in [0, 0.1) is 0 Å². The third kappa shape index (κ3) is 1.69. The molecule has 0 unspecified atom stereocenters. The minimum absolute atomic E-state index is 0.117. The number of aliphatic imine (C=N–C) groups is 1. The zero-order valence-corrected chi connectivity index (χ0v) is 8.97. The van der Waals surface area contributed by atoms with Crippen LogP contribution in [0.4, 0.5) is 0 Å². The third-order valence-electron chi connectivity index (χ3n) is 2.72. The minimum Gasteiger partial charge on any atom is -0.338 e. The Bertz CT molecular complexity index is 333. The predicted octanol–water partition coefficient (Wildman–Crippen LogP) is 1.58. The molecule has 0 bridgehead atoms. The highest BCUT2D eigenvalue weighted by molar-refractivity contribution is 6.32. The van der Waals surface area contributed by atoms with Gasteiger partial charge in [-0.25, -0.2) is 0 Å². The van der Waals surface area contributed by atoms with Crippen molar-refractivity contribution in [3.05, 3.63) is 10.6 Å². The van der Waals surface area contributed by atoms with Crippen LogP contribution in [0.5, 0.6) is 0 Å². The quantitative estimate of drug-likeness (QED) is 0.600. The number of hydrogen-bond donors (Lipinski definition) is 0. The topological polar surface area (TPSA) is 32.7 Å². The minimum atomic E-state index is 0.117. The molecule has 0 saturated carbocycles. The predicted molar refractivity (Wildman–Crippen MR) is 56.7 cm³/mol. The number of fused-ring (bicyclic) bond motifs is 1. The van der Waals surface area contributed by atoms with E-state index in [1.165, 1.54) is 0 Å². The summed E-state index contributed by atoms with van der Waals surface area (Å²) >= 11 is 6.12. The van der Waals surface area contributed by atoms with Crippen LogP contribution < -0.4 is 0 Å².